The molecule has 0 fully saturated rings. The molecule has 19 heavy (non-hydrogen) atoms. The van der Waals surface area contributed by atoms with E-state index in [0.717, 1.165) is 0 Å². The van der Waals surface area contributed by atoms with Gasteiger partial charge < -0.3 is 15.2 Å². The predicted molar refractivity (Wildman–Crippen MR) is 71.0 cm³/mol. The van der Waals surface area contributed by atoms with Crippen LogP contribution in [0, 0.1) is 0 Å². The Hall–Kier alpha value is -2.30. The third-order valence-corrected chi connectivity index (χ3v) is 2.80. The van der Waals surface area contributed by atoms with Crippen molar-refractivity contribution in [1.29, 1.82) is 0 Å². The van der Waals surface area contributed by atoms with Gasteiger partial charge >= 0.3 is 12.1 Å². The zero-order valence-electron chi connectivity index (χ0n) is 10.8. The number of carboxylic acid groups (broad SMARTS) is 1. The van der Waals surface area contributed by atoms with Crippen LogP contribution in [0.15, 0.2) is 43.0 Å². The number of alkyl carbamates (subject to hydrolysis) is 1. The zero-order chi connectivity index (χ0) is 14.3. The molecule has 5 heteroatoms. The van der Waals surface area contributed by atoms with E-state index in [2.05, 4.69) is 11.9 Å². The van der Waals surface area contributed by atoms with Gasteiger partial charge in [-0.05, 0) is 12.5 Å². The summed E-state index contributed by atoms with van der Waals surface area (Å²) in [5.41, 5.74) is -0.583. The highest BCUT2D eigenvalue weighted by atomic mass is 16.5. The van der Waals surface area contributed by atoms with Crippen molar-refractivity contribution in [3.05, 3.63) is 48.6 Å². The van der Waals surface area contributed by atoms with Crippen LogP contribution in [-0.2, 0) is 14.9 Å². The average molecular weight is 263 g/mol. The molecule has 0 saturated carbocycles. The highest BCUT2D eigenvalue weighted by Crippen LogP contribution is 2.23. The Morgan fingerprint density at radius 3 is 2.58 bits per heavy atom. The summed E-state index contributed by atoms with van der Waals surface area (Å²) in [5.74, 6) is -1.01. The van der Waals surface area contributed by atoms with Gasteiger partial charge in [-0.15, -0.1) is 0 Å². The van der Waals surface area contributed by atoms with E-state index in [4.69, 9.17) is 4.74 Å². The molecule has 0 aliphatic rings. The minimum atomic E-state index is -1.20. The maximum Gasteiger partial charge on any atom is 0.407 e. The van der Waals surface area contributed by atoms with Crippen LogP contribution in [0.1, 0.15) is 12.5 Å². The Kier molecular flexibility index (Phi) is 5.11. The lowest BCUT2D eigenvalue weighted by Gasteiger charge is -2.25. The molecule has 1 aromatic rings. The van der Waals surface area contributed by atoms with E-state index in [1.807, 2.05) is 0 Å². The largest absolute Gasteiger partial charge is 0.481 e. The second-order valence-electron chi connectivity index (χ2n) is 4.24. The average Bonchev–Trinajstić information content (AvgIpc) is 2.43. The van der Waals surface area contributed by atoms with Crippen LogP contribution >= 0.6 is 0 Å². The van der Waals surface area contributed by atoms with E-state index in [0.29, 0.717) is 5.56 Å². The van der Waals surface area contributed by atoms with Crippen LogP contribution in [0.4, 0.5) is 4.79 Å². The second-order valence-corrected chi connectivity index (χ2v) is 4.24. The molecule has 5 nitrogen and oxygen atoms in total. The van der Waals surface area contributed by atoms with Crippen LogP contribution in [0.2, 0.25) is 0 Å². The number of amides is 1. The Balaban J connectivity index is 2.76. The Bertz CT molecular complexity index is 458. The molecular weight excluding hydrogens is 246 g/mol. The van der Waals surface area contributed by atoms with Gasteiger partial charge in [0.2, 0.25) is 0 Å². The molecule has 0 aliphatic carbocycles. The van der Waals surface area contributed by atoms with Crippen molar-refractivity contribution in [1.82, 2.24) is 5.32 Å². The fourth-order valence-electron chi connectivity index (χ4n) is 1.54. The summed E-state index contributed by atoms with van der Waals surface area (Å²) in [6.45, 7) is 5.00. The first-order valence-corrected chi connectivity index (χ1v) is 5.81. The number of aliphatic carboxylic acids is 1. The standard InChI is InChI=1S/C14H17NO4/c1-3-9-19-13(18)15-10-14(2,12(16)17)11-7-5-4-6-8-11/h3-8H,1,9-10H2,2H3,(H,15,18)(H,16,17). The van der Waals surface area contributed by atoms with Crippen molar-refractivity contribution in [2.75, 3.05) is 13.2 Å². The summed E-state index contributed by atoms with van der Waals surface area (Å²) >= 11 is 0. The maximum absolute atomic E-state index is 11.4. The summed E-state index contributed by atoms with van der Waals surface area (Å²) in [6, 6.07) is 8.74. The first-order valence-electron chi connectivity index (χ1n) is 5.81. The monoisotopic (exact) mass is 263 g/mol. The smallest absolute Gasteiger partial charge is 0.407 e. The first kappa shape index (κ1) is 14.8. The van der Waals surface area contributed by atoms with E-state index >= 15 is 0 Å². The first-order chi connectivity index (χ1) is 9.00. The molecule has 102 valence electrons. The Labute approximate surface area is 111 Å². The highest BCUT2D eigenvalue weighted by Gasteiger charge is 2.35. The number of hydrogen-bond acceptors (Lipinski definition) is 3. The summed E-state index contributed by atoms with van der Waals surface area (Å²) in [4.78, 5) is 22.8. The third-order valence-electron chi connectivity index (χ3n) is 2.80. The van der Waals surface area contributed by atoms with E-state index in [9.17, 15) is 14.7 Å². The van der Waals surface area contributed by atoms with Crippen LogP contribution in [0.3, 0.4) is 0 Å². The maximum atomic E-state index is 11.4. The summed E-state index contributed by atoms with van der Waals surface area (Å²) in [5, 5.41) is 11.8. The van der Waals surface area contributed by atoms with Crippen LogP contribution in [0.25, 0.3) is 0 Å². The Morgan fingerprint density at radius 1 is 1.42 bits per heavy atom. The molecule has 0 spiro atoms. The van der Waals surface area contributed by atoms with Gasteiger partial charge in [0.05, 0.1) is 0 Å². The lowest BCUT2D eigenvalue weighted by molar-refractivity contribution is -0.142. The molecule has 1 unspecified atom stereocenters. The van der Waals surface area contributed by atoms with Gasteiger partial charge in [0.25, 0.3) is 0 Å². The van der Waals surface area contributed by atoms with Gasteiger partial charge in [0.15, 0.2) is 0 Å². The highest BCUT2D eigenvalue weighted by molar-refractivity contribution is 5.82. The second kappa shape index (κ2) is 6.58. The molecule has 0 radical (unpaired) electrons. The van der Waals surface area contributed by atoms with Crippen molar-refractivity contribution in [3.63, 3.8) is 0 Å². The minimum absolute atomic E-state index is 0.0533. The Morgan fingerprint density at radius 2 is 2.05 bits per heavy atom. The predicted octanol–water partition coefficient (Wildman–Crippen LogP) is 1.94. The van der Waals surface area contributed by atoms with Gasteiger partial charge in [0, 0.05) is 6.54 Å². The molecule has 0 aliphatic heterocycles. The van der Waals surface area contributed by atoms with Crippen LogP contribution in [-0.4, -0.2) is 30.3 Å². The van der Waals surface area contributed by atoms with Gasteiger partial charge in [-0.3, -0.25) is 4.79 Å². The van der Waals surface area contributed by atoms with Gasteiger partial charge in [-0.1, -0.05) is 43.0 Å². The molecule has 0 saturated heterocycles. The van der Waals surface area contributed by atoms with Crippen molar-refractivity contribution in [2.24, 2.45) is 0 Å². The molecule has 1 aromatic carbocycles. The lowest BCUT2D eigenvalue weighted by Crippen LogP contribution is -2.44. The molecule has 0 aromatic heterocycles. The lowest BCUT2D eigenvalue weighted by atomic mass is 9.82. The van der Waals surface area contributed by atoms with Crippen LogP contribution < -0.4 is 5.32 Å². The summed E-state index contributed by atoms with van der Waals surface area (Å²) in [6.07, 6.45) is 0.774. The number of carboxylic acids is 1. The molecule has 0 heterocycles. The molecule has 1 atom stereocenters. The number of nitrogens with one attached hydrogen (secondary N) is 1. The normalized spacial score (nSPS) is 13.1. The van der Waals surface area contributed by atoms with Gasteiger partial charge in [-0.2, -0.15) is 0 Å². The SMILES string of the molecule is C=CCOC(=O)NCC(C)(C(=O)O)c1ccccc1. The van der Waals surface area contributed by atoms with Crippen molar-refractivity contribution < 1.29 is 19.4 Å². The molecule has 0 bridgehead atoms. The minimum Gasteiger partial charge on any atom is -0.481 e. The van der Waals surface area contributed by atoms with E-state index in [-0.39, 0.29) is 13.2 Å². The summed E-state index contributed by atoms with van der Waals surface area (Å²) in [7, 11) is 0. The van der Waals surface area contributed by atoms with Crippen LogP contribution in [0.5, 0.6) is 0 Å². The number of carbonyl (C=O) groups is 2. The topological polar surface area (TPSA) is 75.6 Å². The quantitative estimate of drug-likeness (QED) is 0.769. The number of carbonyl (C=O) groups excluding carboxylic acids is 1. The van der Waals surface area contributed by atoms with Crippen molar-refractivity contribution in [2.45, 2.75) is 12.3 Å². The van der Waals surface area contributed by atoms with E-state index in [1.165, 1.54) is 6.08 Å². The molecule has 2 N–H and O–H groups in total. The van der Waals surface area contributed by atoms with Crippen molar-refractivity contribution >= 4 is 12.1 Å². The van der Waals surface area contributed by atoms with E-state index < -0.39 is 17.5 Å². The number of hydrogen-bond donors (Lipinski definition) is 2. The van der Waals surface area contributed by atoms with Gasteiger partial charge in [-0.25, -0.2) is 4.79 Å². The molecular formula is C14H17NO4. The fraction of sp³-hybridized carbons (Fsp3) is 0.286. The van der Waals surface area contributed by atoms with Crippen molar-refractivity contribution in [3.8, 4) is 0 Å². The zero-order valence-corrected chi connectivity index (χ0v) is 10.8. The number of rotatable bonds is 6. The fourth-order valence-corrected chi connectivity index (χ4v) is 1.54. The third kappa shape index (κ3) is 3.84. The summed E-state index contributed by atoms with van der Waals surface area (Å²) < 4.78 is 4.74. The molecule has 1 amide bonds. The molecule has 1 rings (SSSR count). The number of ether oxygens (including phenoxy) is 1. The number of benzene rings is 1. The van der Waals surface area contributed by atoms with E-state index in [1.54, 1.807) is 37.3 Å². The van der Waals surface area contributed by atoms with Gasteiger partial charge in [0.1, 0.15) is 12.0 Å².